The molecule has 1 aliphatic rings. The molecule has 1 aliphatic heterocycles. The first kappa shape index (κ1) is 17.3. The van der Waals surface area contributed by atoms with E-state index in [2.05, 4.69) is 5.32 Å². The second-order valence-corrected chi connectivity index (χ2v) is 6.49. The van der Waals surface area contributed by atoms with Crippen LogP contribution in [0.25, 0.3) is 0 Å². The van der Waals surface area contributed by atoms with E-state index in [4.69, 9.17) is 9.47 Å². The molecule has 1 unspecified atom stereocenters. The predicted octanol–water partition coefficient (Wildman–Crippen LogP) is 3.08. The minimum atomic E-state index is -0.942. The van der Waals surface area contributed by atoms with Crippen molar-refractivity contribution in [3.05, 3.63) is 23.8 Å². The third kappa shape index (κ3) is 4.24. The second-order valence-electron chi connectivity index (χ2n) is 6.49. The summed E-state index contributed by atoms with van der Waals surface area (Å²) in [5.41, 5.74) is -0.499. The van der Waals surface area contributed by atoms with E-state index < -0.39 is 23.3 Å². The van der Waals surface area contributed by atoms with E-state index in [9.17, 15) is 13.6 Å². The molecular weight excluding hydrogens is 306 g/mol. The van der Waals surface area contributed by atoms with E-state index in [1.54, 1.807) is 25.7 Å². The lowest BCUT2D eigenvalue weighted by Crippen LogP contribution is -2.40. The molecule has 0 radical (unpaired) electrons. The summed E-state index contributed by atoms with van der Waals surface area (Å²) < 4.78 is 37.9. The van der Waals surface area contributed by atoms with Crippen molar-refractivity contribution in [2.75, 3.05) is 25.1 Å². The zero-order valence-corrected chi connectivity index (χ0v) is 13.8. The molecule has 1 atom stereocenters. The summed E-state index contributed by atoms with van der Waals surface area (Å²) in [4.78, 5) is 13.5. The number of hydrogen-bond acceptors (Lipinski definition) is 4. The lowest BCUT2D eigenvalue weighted by atomic mass is 10.2. The molecule has 5 nitrogen and oxygen atoms in total. The first-order valence-corrected chi connectivity index (χ1v) is 7.47. The number of benzene rings is 1. The van der Waals surface area contributed by atoms with Gasteiger partial charge in [0.25, 0.3) is 0 Å². The first-order chi connectivity index (χ1) is 10.7. The maximum atomic E-state index is 14.1. The summed E-state index contributed by atoms with van der Waals surface area (Å²) in [5.74, 6) is -1.60. The van der Waals surface area contributed by atoms with Crippen molar-refractivity contribution in [1.29, 1.82) is 0 Å². The van der Waals surface area contributed by atoms with Gasteiger partial charge in [-0.2, -0.15) is 0 Å². The van der Waals surface area contributed by atoms with Crippen molar-refractivity contribution in [2.45, 2.75) is 38.8 Å². The van der Waals surface area contributed by atoms with Gasteiger partial charge in [0, 0.05) is 13.1 Å². The van der Waals surface area contributed by atoms with E-state index in [0.717, 1.165) is 6.07 Å². The quantitative estimate of drug-likeness (QED) is 0.926. The summed E-state index contributed by atoms with van der Waals surface area (Å²) in [6, 6.07) is 2.23. The van der Waals surface area contributed by atoms with Gasteiger partial charge in [0.2, 0.25) is 0 Å². The average Bonchev–Trinajstić information content (AvgIpc) is 2.87. The Labute approximate surface area is 134 Å². The monoisotopic (exact) mass is 328 g/mol. The van der Waals surface area contributed by atoms with Gasteiger partial charge in [-0.15, -0.1) is 0 Å². The molecule has 1 heterocycles. The molecule has 1 fully saturated rings. The lowest BCUT2D eigenvalue weighted by molar-refractivity contribution is 0.0509. The normalized spacial score (nSPS) is 18.0. The van der Waals surface area contributed by atoms with Crippen LogP contribution in [0, 0.1) is 11.6 Å². The number of halogens is 2. The highest BCUT2D eigenvalue weighted by atomic mass is 19.2. The van der Waals surface area contributed by atoms with Gasteiger partial charge < -0.3 is 19.7 Å². The van der Waals surface area contributed by atoms with Crippen molar-refractivity contribution < 1.29 is 23.0 Å². The zero-order valence-electron chi connectivity index (χ0n) is 13.8. The number of nitrogens with one attached hydrogen (secondary N) is 1. The molecule has 23 heavy (non-hydrogen) atoms. The fourth-order valence-electron chi connectivity index (χ4n) is 2.54. The van der Waals surface area contributed by atoms with Crippen LogP contribution in [0.4, 0.5) is 19.3 Å². The third-order valence-corrected chi connectivity index (χ3v) is 3.48. The molecule has 0 spiro atoms. The standard InChI is InChI=1S/C16H22F2N2O3/c1-16(2,3)23-15(21)19-10-7-8-20(9-10)14-12(22-4)6-5-11(17)13(14)18/h5-6,10H,7-9H2,1-4H3,(H,19,21). The second kappa shape index (κ2) is 6.60. The largest absolute Gasteiger partial charge is 0.494 e. The van der Waals surface area contributed by atoms with Gasteiger partial charge >= 0.3 is 6.09 Å². The first-order valence-electron chi connectivity index (χ1n) is 7.47. The number of rotatable bonds is 3. The fourth-order valence-corrected chi connectivity index (χ4v) is 2.54. The molecule has 0 saturated carbocycles. The van der Waals surface area contributed by atoms with Gasteiger partial charge in [-0.3, -0.25) is 0 Å². The van der Waals surface area contributed by atoms with Gasteiger partial charge in [-0.25, -0.2) is 13.6 Å². The van der Waals surface area contributed by atoms with Gasteiger partial charge in [-0.05, 0) is 39.3 Å². The number of hydrogen-bond donors (Lipinski definition) is 1. The van der Waals surface area contributed by atoms with Crippen molar-refractivity contribution in [3.63, 3.8) is 0 Å². The van der Waals surface area contributed by atoms with Crippen molar-refractivity contribution >= 4 is 11.8 Å². The molecule has 1 amide bonds. The fraction of sp³-hybridized carbons (Fsp3) is 0.562. The highest BCUT2D eigenvalue weighted by Crippen LogP contribution is 2.34. The van der Waals surface area contributed by atoms with E-state index in [-0.39, 0.29) is 17.5 Å². The maximum Gasteiger partial charge on any atom is 0.407 e. The SMILES string of the molecule is COc1ccc(F)c(F)c1N1CCC(NC(=O)OC(C)(C)C)C1. The Bertz CT molecular complexity index is 587. The number of anilines is 1. The van der Waals surface area contributed by atoms with Crippen LogP contribution in [0.15, 0.2) is 12.1 Å². The topological polar surface area (TPSA) is 50.8 Å². The van der Waals surface area contributed by atoms with Gasteiger partial charge in [0.15, 0.2) is 11.6 Å². The van der Waals surface area contributed by atoms with E-state index in [0.29, 0.717) is 19.5 Å². The highest BCUT2D eigenvalue weighted by molar-refractivity contribution is 5.68. The smallest absolute Gasteiger partial charge is 0.407 e. The number of nitrogens with zero attached hydrogens (tertiary/aromatic N) is 1. The van der Waals surface area contributed by atoms with Crippen molar-refractivity contribution in [1.82, 2.24) is 5.32 Å². The van der Waals surface area contributed by atoms with Crippen LogP contribution >= 0.6 is 0 Å². The molecule has 0 bridgehead atoms. The Balaban J connectivity index is 2.06. The van der Waals surface area contributed by atoms with Crippen LogP contribution in [0.3, 0.4) is 0 Å². The lowest BCUT2D eigenvalue weighted by Gasteiger charge is -2.23. The highest BCUT2D eigenvalue weighted by Gasteiger charge is 2.30. The third-order valence-electron chi connectivity index (χ3n) is 3.48. The van der Waals surface area contributed by atoms with Gasteiger partial charge in [0.1, 0.15) is 17.0 Å². The van der Waals surface area contributed by atoms with Crippen LogP contribution in [-0.2, 0) is 4.74 Å². The number of carbonyl (C=O) groups is 1. The van der Waals surface area contributed by atoms with Crippen LogP contribution in [-0.4, -0.2) is 37.9 Å². The molecule has 1 aromatic rings. The Morgan fingerprint density at radius 1 is 1.35 bits per heavy atom. The molecule has 0 aromatic heterocycles. The summed E-state index contributed by atoms with van der Waals surface area (Å²) in [6.45, 7) is 6.18. The number of ether oxygens (including phenoxy) is 2. The van der Waals surface area contributed by atoms with Gasteiger partial charge in [0.05, 0.1) is 13.2 Å². The van der Waals surface area contributed by atoms with Gasteiger partial charge in [-0.1, -0.05) is 0 Å². The number of carbonyl (C=O) groups excluding carboxylic acids is 1. The summed E-state index contributed by atoms with van der Waals surface area (Å²) in [7, 11) is 1.41. The van der Waals surface area contributed by atoms with Crippen LogP contribution in [0.2, 0.25) is 0 Å². The maximum absolute atomic E-state index is 14.1. The Morgan fingerprint density at radius 2 is 2.04 bits per heavy atom. The van der Waals surface area contributed by atoms with Crippen molar-refractivity contribution in [2.24, 2.45) is 0 Å². The minimum Gasteiger partial charge on any atom is -0.494 e. The number of methoxy groups -OCH3 is 1. The number of alkyl carbamates (subject to hydrolysis) is 1. The summed E-state index contributed by atoms with van der Waals surface area (Å²) in [6.07, 6.45) is 0.0919. The van der Waals surface area contributed by atoms with Crippen LogP contribution < -0.4 is 15.0 Å². The Hall–Kier alpha value is -2.05. The molecule has 7 heteroatoms. The van der Waals surface area contributed by atoms with E-state index >= 15 is 0 Å². The zero-order chi connectivity index (χ0) is 17.2. The number of amides is 1. The predicted molar refractivity (Wildman–Crippen MR) is 82.9 cm³/mol. The van der Waals surface area contributed by atoms with Crippen molar-refractivity contribution in [3.8, 4) is 5.75 Å². The molecule has 1 N–H and O–H groups in total. The summed E-state index contributed by atoms with van der Waals surface area (Å²) >= 11 is 0. The molecule has 1 aromatic carbocycles. The molecule has 0 aliphatic carbocycles. The molecular formula is C16H22F2N2O3. The van der Waals surface area contributed by atoms with E-state index in [1.807, 2.05) is 0 Å². The molecule has 1 saturated heterocycles. The molecule has 2 rings (SSSR count). The van der Waals surface area contributed by atoms with Crippen LogP contribution in [0.5, 0.6) is 5.75 Å². The van der Waals surface area contributed by atoms with Crippen LogP contribution in [0.1, 0.15) is 27.2 Å². The summed E-state index contributed by atoms with van der Waals surface area (Å²) in [5, 5.41) is 2.75. The minimum absolute atomic E-state index is 0.0842. The Kier molecular flexibility index (Phi) is 4.97. The van der Waals surface area contributed by atoms with E-state index in [1.165, 1.54) is 13.2 Å². The molecule has 128 valence electrons. The Morgan fingerprint density at radius 3 is 2.65 bits per heavy atom. The average molecular weight is 328 g/mol.